The van der Waals surface area contributed by atoms with E-state index < -0.39 is 6.03 Å². The lowest BCUT2D eigenvalue weighted by atomic mass is 9.92. The van der Waals surface area contributed by atoms with E-state index in [1.807, 2.05) is 37.3 Å². The first-order valence-corrected chi connectivity index (χ1v) is 12.3. The van der Waals surface area contributed by atoms with Gasteiger partial charge in [-0.05, 0) is 31.2 Å². The molecule has 0 saturated carbocycles. The predicted molar refractivity (Wildman–Crippen MR) is 148 cm³/mol. The standard InChI is InChI=1S/C28H37N5O5/c1-19-8-10-20(11-9-19)33-25(17-24(31-33)28(2,3)4)30-26(34)18-32(14-15-36-5)27(35)29-22-13-12-21(37-6)16-23(22)38-7/h8-13,16-17H,14-15,18H2,1-7H3,(H,29,35)(H,30,34). The maximum atomic E-state index is 13.2. The van der Waals surface area contributed by atoms with E-state index in [1.54, 1.807) is 30.0 Å². The van der Waals surface area contributed by atoms with E-state index in [9.17, 15) is 9.59 Å². The van der Waals surface area contributed by atoms with Gasteiger partial charge in [-0.2, -0.15) is 5.10 Å². The van der Waals surface area contributed by atoms with Crippen LogP contribution in [0.2, 0.25) is 0 Å². The van der Waals surface area contributed by atoms with Crippen molar-refractivity contribution in [3.05, 3.63) is 59.8 Å². The van der Waals surface area contributed by atoms with E-state index in [1.165, 1.54) is 19.1 Å². The maximum absolute atomic E-state index is 13.2. The van der Waals surface area contributed by atoms with Crippen LogP contribution in [0.4, 0.5) is 16.3 Å². The predicted octanol–water partition coefficient (Wildman–Crippen LogP) is 4.61. The summed E-state index contributed by atoms with van der Waals surface area (Å²) in [5.41, 5.74) is 3.00. The molecule has 0 aliphatic rings. The van der Waals surface area contributed by atoms with Gasteiger partial charge in [-0.25, -0.2) is 9.48 Å². The molecule has 2 aromatic carbocycles. The summed E-state index contributed by atoms with van der Waals surface area (Å²) in [6, 6.07) is 14.3. The molecule has 0 radical (unpaired) electrons. The van der Waals surface area contributed by atoms with Crippen molar-refractivity contribution in [1.29, 1.82) is 0 Å². The molecule has 2 N–H and O–H groups in total. The van der Waals surface area contributed by atoms with E-state index in [0.717, 1.165) is 16.9 Å². The molecule has 3 amide bonds. The van der Waals surface area contributed by atoms with Gasteiger partial charge in [-0.1, -0.05) is 38.5 Å². The zero-order valence-electron chi connectivity index (χ0n) is 23.1. The maximum Gasteiger partial charge on any atom is 0.322 e. The number of carbonyl (C=O) groups is 2. The average Bonchev–Trinajstić information content (AvgIpc) is 3.31. The smallest absolute Gasteiger partial charge is 0.322 e. The highest BCUT2D eigenvalue weighted by Crippen LogP contribution is 2.29. The number of ether oxygens (including phenoxy) is 3. The van der Waals surface area contributed by atoms with E-state index in [0.29, 0.717) is 23.0 Å². The van der Waals surface area contributed by atoms with Crippen LogP contribution in [0.3, 0.4) is 0 Å². The third-order valence-electron chi connectivity index (χ3n) is 5.86. The number of anilines is 2. The first kappa shape index (κ1) is 28.5. The number of nitrogens with zero attached hydrogens (tertiary/aromatic N) is 3. The van der Waals surface area contributed by atoms with Crippen LogP contribution in [-0.4, -0.2) is 67.6 Å². The first-order chi connectivity index (χ1) is 18.0. The van der Waals surface area contributed by atoms with Crippen molar-refractivity contribution >= 4 is 23.4 Å². The lowest BCUT2D eigenvalue weighted by molar-refractivity contribution is -0.116. The topological polar surface area (TPSA) is 107 Å². The average molecular weight is 524 g/mol. The Bertz CT molecular complexity index is 1250. The number of amides is 3. The molecule has 204 valence electrons. The van der Waals surface area contributed by atoms with Crippen molar-refractivity contribution in [2.24, 2.45) is 0 Å². The Balaban J connectivity index is 1.81. The number of rotatable bonds is 10. The number of aryl methyl sites for hydroxylation is 1. The Morgan fingerprint density at radius 3 is 2.29 bits per heavy atom. The quantitative estimate of drug-likeness (QED) is 0.402. The number of hydrogen-bond donors (Lipinski definition) is 2. The van der Waals surface area contributed by atoms with E-state index in [2.05, 4.69) is 31.4 Å². The number of carbonyl (C=O) groups excluding carboxylic acids is 2. The summed E-state index contributed by atoms with van der Waals surface area (Å²) < 4.78 is 17.5. The second-order valence-electron chi connectivity index (χ2n) is 9.87. The van der Waals surface area contributed by atoms with Gasteiger partial charge in [-0.15, -0.1) is 0 Å². The summed E-state index contributed by atoms with van der Waals surface area (Å²) in [6.45, 7) is 8.46. The highest BCUT2D eigenvalue weighted by molar-refractivity contribution is 5.97. The SMILES string of the molecule is COCCN(CC(=O)Nc1cc(C(C)(C)C)nn1-c1ccc(C)cc1)C(=O)Nc1ccc(OC)cc1OC. The first-order valence-electron chi connectivity index (χ1n) is 12.3. The summed E-state index contributed by atoms with van der Waals surface area (Å²) in [4.78, 5) is 27.7. The molecule has 0 fully saturated rings. The minimum Gasteiger partial charge on any atom is -0.497 e. The minimum atomic E-state index is -0.469. The van der Waals surface area contributed by atoms with Crippen LogP contribution >= 0.6 is 0 Å². The highest BCUT2D eigenvalue weighted by Gasteiger charge is 2.23. The van der Waals surface area contributed by atoms with Gasteiger partial charge in [0, 0.05) is 31.2 Å². The summed E-state index contributed by atoms with van der Waals surface area (Å²) in [7, 11) is 4.59. The van der Waals surface area contributed by atoms with Crippen LogP contribution in [0, 0.1) is 6.92 Å². The molecular weight excluding hydrogens is 486 g/mol. The molecular formula is C28H37N5O5. The van der Waals surface area contributed by atoms with Crippen molar-refractivity contribution in [3.63, 3.8) is 0 Å². The fourth-order valence-corrected chi connectivity index (χ4v) is 3.63. The molecule has 10 nitrogen and oxygen atoms in total. The molecule has 0 spiro atoms. The van der Waals surface area contributed by atoms with Crippen LogP contribution < -0.4 is 20.1 Å². The van der Waals surface area contributed by atoms with Crippen LogP contribution in [-0.2, 0) is 14.9 Å². The molecule has 0 atom stereocenters. The van der Waals surface area contributed by atoms with Gasteiger partial charge in [-0.3, -0.25) is 4.79 Å². The highest BCUT2D eigenvalue weighted by atomic mass is 16.5. The second-order valence-corrected chi connectivity index (χ2v) is 9.87. The van der Waals surface area contributed by atoms with Crippen molar-refractivity contribution in [1.82, 2.24) is 14.7 Å². The number of urea groups is 1. The third-order valence-corrected chi connectivity index (χ3v) is 5.86. The van der Waals surface area contributed by atoms with E-state index in [4.69, 9.17) is 19.3 Å². The molecule has 0 unspecified atom stereocenters. The van der Waals surface area contributed by atoms with Crippen molar-refractivity contribution in [2.75, 3.05) is 51.7 Å². The number of nitrogens with one attached hydrogen (secondary N) is 2. The fraction of sp³-hybridized carbons (Fsp3) is 0.393. The Labute approximate surface area is 223 Å². The molecule has 10 heteroatoms. The minimum absolute atomic E-state index is 0.197. The summed E-state index contributed by atoms with van der Waals surface area (Å²) in [5, 5.41) is 10.5. The Morgan fingerprint density at radius 2 is 1.68 bits per heavy atom. The van der Waals surface area contributed by atoms with Crippen LogP contribution in [0.1, 0.15) is 32.0 Å². The number of methoxy groups -OCH3 is 3. The fourth-order valence-electron chi connectivity index (χ4n) is 3.63. The van der Waals surface area contributed by atoms with Crippen molar-refractivity contribution in [2.45, 2.75) is 33.1 Å². The van der Waals surface area contributed by atoms with Gasteiger partial charge in [0.15, 0.2) is 0 Å². The largest absolute Gasteiger partial charge is 0.497 e. The normalized spacial score (nSPS) is 11.1. The molecule has 38 heavy (non-hydrogen) atoms. The summed E-state index contributed by atoms with van der Waals surface area (Å²) in [6.07, 6.45) is 0. The number of benzene rings is 2. The zero-order chi connectivity index (χ0) is 27.9. The molecule has 1 aromatic heterocycles. The van der Waals surface area contributed by atoms with Crippen LogP contribution in [0.25, 0.3) is 5.69 Å². The van der Waals surface area contributed by atoms with Gasteiger partial charge >= 0.3 is 6.03 Å². The van der Waals surface area contributed by atoms with Crippen molar-refractivity contribution in [3.8, 4) is 17.2 Å². The van der Waals surface area contributed by atoms with Gasteiger partial charge in [0.05, 0.1) is 37.9 Å². The Kier molecular flexibility index (Phi) is 9.35. The number of hydrogen-bond acceptors (Lipinski definition) is 6. The van der Waals surface area contributed by atoms with Crippen LogP contribution in [0.15, 0.2) is 48.5 Å². The van der Waals surface area contributed by atoms with Gasteiger partial charge in [0.1, 0.15) is 23.9 Å². The van der Waals surface area contributed by atoms with Gasteiger partial charge in [0.25, 0.3) is 0 Å². The summed E-state index contributed by atoms with van der Waals surface area (Å²) >= 11 is 0. The molecule has 0 aliphatic carbocycles. The van der Waals surface area contributed by atoms with Crippen LogP contribution in [0.5, 0.6) is 11.5 Å². The van der Waals surface area contributed by atoms with E-state index in [-0.39, 0.29) is 31.0 Å². The lowest BCUT2D eigenvalue weighted by Gasteiger charge is -2.23. The van der Waals surface area contributed by atoms with E-state index >= 15 is 0 Å². The molecule has 1 heterocycles. The molecule has 3 rings (SSSR count). The summed E-state index contributed by atoms with van der Waals surface area (Å²) in [5.74, 6) is 1.18. The molecule has 0 saturated heterocycles. The molecule has 0 aliphatic heterocycles. The van der Waals surface area contributed by atoms with Gasteiger partial charge in [0.2, 0.25) is 5.91 Å². The number of aromatic nitrogens is 2. The monoisotopic (exact) mass is 523 g/mol. The zero-order valence-corrected chi connectivity index (χ0v) is 23.1. The Morgan fingerprint density at radius 1 is 0.974 bits per heavy atom. The Hall–Kier alpha value is -4.05. The molecule has 3 aromatic rings. The molecule has 0 bridgehead atoms. The van der Waals surface area contributed by atoms with Gasteiger partial charge < -0.3 is 29.7 Å². The second kappa shape index (κ2) is 12.5. The van der Waals surface area contributed by atoms with Crippen molar-refractivity contribution < 1.29 is 23.8 Å². The third kappa shape index (κ3) is 7.25. The lowest BCUT2D eigenvalue weighted by Crippen LogP contribution is -2.42.